The van der Waals surface area contributed by atoms with Crippen molar-refractivity contribution in [1.82, 2.24) is 9.47 Å². The summed E-state index contributed by atoms with van der Waals surface area (Å²) in [5.41, 5.74) is 5.23. The molecule has 0 saturated heterocycles. The van der Waals surface area contributed by atoms with Gasteiger partial charge in [-0.2, -0.15) is 13.2 Å². The van der Waals surface area contributed by atoms with Crippen LogP contribution >= 0.6 is 0 Å². The molecular weight excluding hydrogens is 275 g/mol. The third-order valence-corrected chi connectivity index (χ3v) is 2.61. The first-order valence-electron chi connectivity index (χ1n) is 5.92. The Labute approximate surface area is 113 Å². The molecule has 1 aromatic heterocycles. The fourth-order valence-corrected chi connectivity index (χ4v) is 1.66. The van der Waals surface area contributed by atoms with Crippen molar-refractivity contribution in [2.24, 2.45) is 0 Å². The van der Waals surface area contributed by atoms with Gasteiger partial charge in [-0.3, -0.25) is 9.59 Å². The summed E-state index contributed by atoms with van der Waals surface area (Å²) >= 11 is 0. The van der Waals surface area contributed by atoms with E-state index in [2.05, 4.69) is 0 Å². The fourth-order valence-electron chi connectivity index (χ4n) is 1.66. The summed E-state index contributed by atoms with van der Waals surface area (Å²) in [6.07, 6.45) is -3.26. The van der Waals surface area contributed by atoms with E-state index in [9.17, 15) is 22.8 Å². The van der Waals surface area contributed by atoms with Crippen molar-refractivity contribution in [2.75, 3.05) is 12.3 Å². The Bertz CT molecular complexity index is 537. The van der Waals surface area contributed by atoms with Gasteiger partial charge in [-0.15, -0.1) is 0 Å². The molecule has 1 heterocycles. The molecule has 0 bridgehead atoms. The van der Waals surface area contributed by atoms with Crippen LogP contribution in [0.2, 0.25) is 0 Å². The first-order chi connectivity index (χ1) is 9.10. The van der Waals surface area contributed by atoms with Crippen LogP contribution in [0.1, 0.15) is 13.8 Å². The molecule has 0 unspecified atom stereocenters. The lowest BCUT2D eigenvalue weighted by Gasteiger charge is -2.28. The van der Waals surface area contributed by atoms with Crippen LogP contribution in [-0.4, -0.2) is 34.1 Å². The van der Waals surface area contributed by atoms with Gasteiger partial charge in [-0.05, 0) is 19.9 Å². The van der Waals surface area contributed by atoms with E-state index >= 15 is 0 Å². The Balaban J connectivity index is 2.91. The summed E-state index contributed by atoms with van der Waals surface area (Å²) in [5, 5.41) is 0. The molecule has 0 aromatic carbocycles. The van der Waals surface area contributed by atoms with Crippen LogP contribution in [0.25, 0.3) is 0 Å². The molecule has 20 heavy (non-hydrogen) atoms. The third kappa shape index (κ3) is 4.60. The van der Waals surface area contributed by atoms with E-state index < -0.39 is 36.8 Å². The minimum Gasteiger partial charge on any atom is -0.398 e. The molecular formula is C12H16F3N3O2. The predicted molar refractivity (Wildman–Crippen MR) is 68.0 cm³/mol. The molecule has 0 aliphatic carbocycles. The van der Waals surface area contributed by atoms with E-state index in [-0.39, 0.29) is 5.69 Å². The van der Waals surface area contributed by atoms with Crippen LogP contribution in [0.4, 0.5) is 18.9 Å². The second-order valence-corrected chi connectivity index (χ2v) is 4.66. The number of rotatable bonds is 4. The molecule has 1 aromatic rings. The van der Waals surface area contributed by atoms with Gasteiger partial charge in [0.15, 0.2) is 0 Å². The normalized spacial score (nSPS) is 11.7. The van der Waals surface area contributed by atoms with Crippen molar-refractivity contribution in [1.29, 1.82) is 0 Å². The molecule has 0 spiro atoms. The lowest BCUT2D eigenvalue weighted by atomic mass is 10.3. The van der Waals surface area contributed by atoms with E-state index in [0.717, 1.165) is 10.6 Å². The number of halogens is 3. The fraction of sp³-hybridized carbons (Fsp3) is 0.500. The van der Waals surface area contributed by atoms with Gasteiger partial charge in [0.2, 0.25) is 5.91 Å². The Hall–Kier alpha value is -1.99. The Morgan fingerprint density at radius 1 is 1.40 bits per heavy atom. The molecule has 1 rings (SSSR count). The highest BCUT2D eigenvalue weighted by molar-refractivity contribution is 5.76. The first kappa shape index (κ1) is 16.1. The van der Waals surface area contributed by atoms with Gasteiger partial charge in [0, 0.05) is 24.0 Å². The molecule has 2 N–H and O–H groups in total. The van der Waals surface area contributed by atoms with Crippen molar-refractivity contribution >= 4 is 11.6 Å². The Morgan fingerprint density at radius 3 is 2.50 bits per heavy atom. The SMILES string of the molecule is CC(C)N(CC(F)(F)F)C(=O)Cn1cc(N)ccc1=O. The topological polar surface area (TPSA) is 68.3 Å². The minimum atomic E-state index is -4.49. The second kappa shape index (κ2) is 5.98. The summed E-state index contributed by atoms with van der Waals surface area (Å²) in [5.74, 6) is -0.787. The summed E-state index contributed by atoms with van der Waals surface area (Å²) in [4.78, 5) is 24.1. The van der Waals surface area contributed by atoms with Gasteiger partial charge in [0.05, 0.1) is 0 Å². The molecule has 0 radical (unpaired) electrons. The Morgan fingerprint density at radius 2 is 2.00 bits per heavy atom. The van der Waals surface area contributed by atoms with Crippen LogP contribution in [0.3, 0.4) is 0 Å². The maximum absolute atomic E-state index is 12.4. The van der Waals surface area contributed by atoms with Crippen molar-refractivity contribution in [3.05, 3.63) is 28.7 Å². The van der Waals surface area contributed by atoms with Crippen LogP contribution in [0.5, 0.6) is 0 Å². The molecule has 8 heteroatoms. The van der Waals surface area contributed by atoms with Crippen molar-refractivity contribution in [3.8, 4) is 0 Å². The lowest BCUT2D eigenvalue weighted by molar-refractivity contribution is -0.165. The molecule has 0 fully saturated rings. The number of nitrogen functional groups attached to an aromatic ring is 1. The van der Waals surface area contributed by atoms with E-state index in [0.29, 0.717) is 4.90 Å². The largest absolute Gasteiger partial charge is 0.406 e. The molecule has 0 saturated carbocycles. The highest BCUT2D eigenvalue weighted by Crippen LogP contribution is 2.18. The number of anilines is 1. The monoisotopic (exact) mass is 291 g/mol. The Kier molecular flexibility index (Phi) is 4.80. The zero-order chi connectivity index (χ0) is 15.5. The van der Waals surface area contributed by atoms with Crippen LogP contribution in [0.15, 0.2) is 23.1 Å². The smallest absolute Gasteiger partial charge is 0.398 e. The van der Waals surface area contributed by atoms with Crippen molar-refractivity contribution in [3.63, 3.8) is 0 Å². The number of nitrogens with two attached hydrogens (primary N) is 1. The number of aromatic nitrogens is 1. The van der Waals surface area contributed by atoms with Crippen LogP contribution < -0.4 is 11.3 Å². The van der Waals surface area contributed by atoms with E-state index in [4.69, 9.17) is 5.73 Å². The van der Waals surface area contributed by atoms with Gasteiger partial charge in [-0.1, -0.05) is 0 Å². The number of pyridine rings is 1. The van der Waals surface area contributed by atoms with Gasteiger partial charge in [0.1, 0.15) is 13.1 Å². The zero-order valence-corrected chi connectivity index (χ0v) is 11.1. The average Bonchev–Trinajstić information content (AvgIpc) is 2.29. The minimum absolute atomic E-state index is 0.254. The van der Waals surface area contributed by atoms with E-state index in [1.54, 1.807) is 0 Å². The first-order valence-corrected chi connectivity index (χ1v) is 5.92. The summed E-state index contributed by atoms with van der Waals surface area (Å²) < 4.78 is 38.3. The number of hydrogen-bond acceptors (Lipinski definition) is 3. The van der Waals surface area contributed by atoms with E-state index in [1.807, 2.05) is 0 Å². The van der Waals surface area contributed by atoms with Gasteiger partial charge in [-0.25, -0.2) is 0 Å². The second-order valence-electron chi connectivity index (χ2n) is 4.66. The standard InChI is InChI=1S/C12H16F3N3O2/c1-8(2)18(7-12(13,14)15)11(20)6-17-5-9(16)3-4-10(17)19/h3-5,8H,6-7,16H2,1-2H3. The molecule has 0 atom stereocenters. The van der Waals surface area contributed by atoms with Crippen LogP contribution in [0, 0.1) is 0 Å². The van der Waals surface area contributed by atoms with Gasteiger partial charge < -0.3 is 15.2 Å². The molecule has 1 amide bonds. The predicted octanol–water partition coefficient (Wildman–Crippen LogP) is 1.23. The van der Waals surface area contributed by atoms with Crippen molar-refractivity contribution in [2.45, 2.75) is 32.6 Å². The number of carbonyl (C=O) groups excluding carboxylic acids is 1. The summed E-state index contributed by atoms with van der Waals surface area (Å²) in [6, 6.07) is 1.89. The average molecular weight is 291 g/mol. The van der Waals surface area contributed by atoms with Crippen LogP contribution in [-0.2, 0) is 11.3 Å². The quantitative estimate of drug-likeness (QED) is 0.907. The highest BCUT2D eigenvalue weighted by Gasteiger charge is 2.34. The molecule has 5 nitrogen and oxygen atoms in total. The van der Waals surface area contributed by atoms with Crippen molar-refractivity contribution < 1.29 is 18.0 Å². The lowest BCUT2D eigenvalue weighted by Crippen LogP contribution is -2.45. The molecule has 112 valence electrons. The van der Waals surface area contributed by atoms with Gasteiger partial charge in [0.25, 0.3) is 5.56 Å². The van der Waals surface area contributed by atoms with Gasteiger partial charge >= 0.3 is 6.18 Å². The number of alkyl halides is 3. The highest BCUT2D eigenvalue weighted by atomic mass is 19.4. The number of amides is 1. The third-order valence-electron chi connectivity index (χ3n) is 2.61. The maximum Gasteiger partial charge on any atom is 0.406 e. The molecule has 0 aliphatic heterocycles. The number of carbonyl (C=O) groups is 1. The summed E-state index contributed by atoms with van der Waals surface area (Å²) in [6.45, 7) is 1.14. The molecule has 0 aliphatic rings. The zero-order valence-electron chi connectivity index (χ0n) is 11.1. The summed E-state index contributed by atoms with van der Waals surface area (Å²) in [7, 11) is 0. The maximum atomic E-state index is 12.4. The van der Waals surface area contributed by atoms with E-state index in [1.165, 1.54) is 26.1 Å². The number of nitrogens with zero attached hydrogens (tertiary/aromatic N) is 2. The number of hydrogen-bond donors (Lipinski definition) is 1.